The van der Waals surface area contributed by atoms with Crippen LogP contribution in [-0.4, -0.2) is 7.05 Å². The third-order valence-electron chi connectivity index (χ3n) is 3.46. The van der Waals surface area contributed by atoms with Gasteiger partial charge in [-0.25, -0.2) is 0 Å². The Hall–Kier alpha value is -2.31. The van der Waals surface area contributed by atoms with Gasteiger partial charge in [0.25, 0.3) is 0 Å². The predicted octanol–water partition coefficient (Wildman–Crippen LogP) is 4.22. The van der Waals surface area contributed by atoms with E-state index in [-0.39, 0.29) is 0 Å². The minimum atomic E-state index is 0.339. The molecule has 0 bridgehead atoms. The normalized spacial score (nSPS) is 11.7. The molecule has 0 saturated heterocycles. The van der Waals surface area contributed by atoms with Crippen LogP contribution in [0.1, 0.15) is 30.5 Å². The molecule has 0 aliphatic carbocycles. The molecule has 0 aliphatic heterocycles. The molecule has 0 fully saturated rings. The van der Waals surface area contributed by atoms with E-state index in [0.29, 0.717) is 12.5 Å². The highest BCUT2D eigenvalue weighted by Crippen LogP contribution is 2.26. The van der Waals surface area contributed by atoms with Gasteiger partial charge in [0.05, 0.1) is 12.5 Å². The maximum Gasteiger partial charge on any atom is 0.127 e. The van der Waals surface area contributed by atoms with Gasteiger partial charge in [0, 0.05) is 6.04 Å². The summed E-state index contributed by atoms with van der Waals surface area (Å²) in [6.07, 6.45) is 1.46. The molecule has 1 atom stereocenters. The Morgan fingerprint density at radius 2 is 1.90 bits per heavy atom. The lowest BCUT2D eigenvalue weighted by Gasteiger charge is -2.15. The average Bonchev–Trinajstić information content (AvgIpc) is 2.51. The monoisotopic (exact) mass is 280 g/mol. The van der Waals surface area contributed by atoms with Crippen LogP contribution in [0.15, 0.2) is 48.5 Å². The Bertz CT molecular complexity index is 610. The van der Waals surface area contributed by atoms with Gasteiger partial charge >= 0.3 is 0 Å². The first-order chi connectivity index (χ1) is 10.3. The minimum Gasteiger partial charge on any atom is -0.457 e. The molecular formula is C18H20N2O. The van der Waals surface area contributed by atoms with Crippen molar-refractivity contribution in [2.75, 3.05) is 7.05 Å². The van der Waals surface area contributed by atoms with Crippen LogP contribution in [0.2, 0.25) is 0 Å². The van der Waals surface area contributed by atoms with E-state index in [4.69, 9.17) is 10.00 Å². The maximum atomic E-state index is 8.67. The van der Waals surface area contributed by atoms with E-state index in [2.05, 4.69) is 30.4 Å². The number of hydrogen-bond acceptors (Lipinski definition) is 3. The molecule has 0 aromatic heterocycles. The van der Waals surface area contributed by atoms with E-state index < -0.39 is 0 Å². The molecule has 3 heteroatoms. The van der Waals surface area contributed by atoms with E-state index in [9.17, 15) is 0 Å². The lowest BCUT2D eigenvalue weighted by atomic mass is 10.0. The molecule has 0 aliphatic rings. The highest BCUT2D eigenvalue weighted by molar-refractivity contribution is 5.36. The molecule has 3 nitrogen and oxygen atoms in total. The second kappa shape index (κ2) is 7.47. The van der Waals surface area contributed by atoms with Gasteiger partial charge in [0.2, 0.25) is 0 Å². The summed E-state index contributed by atoms with van der Waals surface area (Å²) in [5.41, 5.74) is 2.22. The van der Waals surface area contributed by atoms with Gasteiger partial charge in [-0.1, -0.05) is 31.2 Å². The lowest BCUT2D eigenvalue weighted by Crippen LogP contribution is -2.14. The van der Waals surface area contributed by atoms with Crippen molar-refractivity contribution in [3.05, 3.63) is 59.7 Å². The summed E-state index contributed by atoms with van der Waals surface area (Å²) in [4.78, 5) is 0. The topological polar surface area (TPSA) is 45.0 Å². The van der Waals surface area contributed by atoms with Gasteiger partial charge in [0.15, 0.2) is 0 Å². The summed E-state index contributed by atoms with van der Waals surface area (Å²) in [7, 11) is 1.97. The standard InChI is InChI=1S/C18H20N2O/c1-3-18(20-2)15-5-4-6-17(13-15)21-16-9-7-14(8-10-16)11-12-19/h4-10,13,18,20H,3,11H2,1-2H3. The number of rotatable bonds is 6. The summed E-state index contributed by atoms with van der Waals surface area (Å²) >= 11 is 0. The van der Waals surface area contributed by atoms with Crippen LogP contribution in [0.3, 0.4) is 0 Å². The number of hydrogen-bond donors (Lipinski definition) is 1. The fraction of sp³-hybridized carbons (Fsp3) is 0.278. The molecule has 1 N–H and O–H groups in total. The van der Waals surface area contributed by atoms with Crippen LogP contribution in [0, 0.1) is 11.3 Å². The van der Waals surface area contributed by atoms with Gasteiger partial charge in [0.1, 0.15) is 11.5 Å². The number of nitrogens with one attached hydrogen (secondary N) is 1. The Kier molecular flexibility index (Phi) is 5.36. The largest absolute Gasteiger partial charge is 0.457 e. The fourth-order valence-electron chi connectivity index (χ4n) is 2.30. The minimum absolute atomic E-state index is 0.339. The number of benzene rings is 2. The van der Waals surface area contributed by atoms with Gasteiger partial charge in [-0.05, 0) is 48.9 Å². The first-order valence-corrected chi connectivity index (χ1v) is 7.17. The van der Waals surface area contributed by atoms with Gasteiger partial charge < -0.3 is 10.1 Å². The Morgan fingerprint density at radius 3 is 2.52 bits per heavy atom. The third kappa shape index (κ3) is 4.08. The molecule has 2 aromatic rings. The molecule has 0 heterocycles. The summed E-state index contributed by atoms with van der Waals surface area (Å²) in [5, 5.41) is 12.0. The Morgan fingerprint density at radius 1 is 1.14 bits per heavy atom. The molecule has 0 spiro atoms. The van der Waals surface area contributed by atoms with E-state index in [1.807, 2.05) is 43.4 Å². The van der Waals surface area contributed by atoms with Gasteiger partial charge in [-0.2, -0.15) is 5.26 Å². The summed E-state index contributed by atoms with van der Waals surface area (Å²) in [6.45, 7) is 2.16. The number of nitrogens with zero attached hydrogens (tertiary/aromatic N) is 1. The van der Waals surface area contributed by atoms with Crippen molar-refractivity contribution in [3.8, 4) is 17.6 Å². The van der Waals surface area contributed by atoms with Gasteiger partial charge in [-0.3, -0.25) is 0 Å². The van der Waals surface area contributed by atoms with Crippen molar-refractivity contribution in [2.24, 2.45) is 0 Å². The van der Waals surface area contributed by atoms with E-state index in [1.54, 1.807) is 0 Å². The zero-order valence-corrected chi connectivity index (χ0v) is 12.5. The zero-order chi connectivity index (χ0) is 15.1. The average molecular weight is 280 g/mol. The molecule has 2 rings (SSSR count). The zero-order valence-electron chi connectivity index (χ0n) is 12.5. The molecule has 0 radical (unpaired) electrons. The number of nitriles is 1. The fourth-order valence-corrected chi connectivity index (χ4v) is 2.30. The molecule has 1 unspecified atom stereocenters. The molecule has 0 saturated carbocycles. The third-order valence-corrected chi connectivity index (χ3v) is 3.46. The second-order valence-corrected chi connectivity index (χ2v) is 4.90. The quantitative estimate of drug-likeness (QED) is 0.861. The van der Waals surface area contributed by atoms with Crippen LogP contribution in [0.25, 0.3) is 0 Å². The van der Waals surface area contributed by atoms with Crippen LogP contribution in [-0.2, 0) is 6.42 Å². The van der Waals surface area contributed by atoms with E-state index >= 15 is 0 Å². The smallest absolute Gasteiger partial charge is 0.127 e. The molecular weight excluding hydrogens is 260 g/mol. The maximum absolute atomic E-state index is 8.67. The van der Waals surface area contributed by atoms with Crippen LogP contribution < -0.4 is 10.1 Å². The van der Waals surface area contributed by atoms with Crippen molar-refractivity contribution in [3.63, 3.8) is 0 Å². The Balaban J connectivity index is 2.12. The van der Waals surface area contributed by atoms with Crippen molar-refractivity contribution in [2.45, 2.75) is 25.8 Å². The van der Waals surface area contributed by atoms with E-state index in [1.165, 1.54) is 5.56 Å². The van der Waals surface area contributed by atoms with E-state index in [0.717, 1.165) is 23.5 Å². The van der Waals surface area contributed by atoms with Crippen molar-refractivity contribution >= 4 is 0 Å². The van der Waals surface area contributed by atoms with Gasteiger partial charge in [-0.15, -0.1) is 0 Å². The lowest BCUT2D eigenvalue weighted by molar-refractivity contribution is 0.479. The van der Waals surface area contributed by atoms with Crippen molar-refractivity contribution in [1.82, 2.24) is 5.32 Å². The first kappa shape index (κ1) is 15.1. The first-order valence-electron chi connectivity index (χ1n) is 7.17. The van der Waals surface area contributed by atoms with Crippen molar-refractivity contribution in [1.29, 1.82) is 5.26 Å². The Labute approximate surface area is 126 Å². The van der Waals surface area contributed by atoms with Crippen molar-refractivity contribution < 1.29 is 4.74 Å². The van der Waals surface area contributed by atoms with Crippen LogP contribution in [0.4, 0.5) is 0 Å². The summed E-state index contributed by atoms with van der Waals surface area (Å²) in [5.74, 6) is 1.61. The second-order valence-electron chi connectivity index (χ2n) is 4.90. The van der Waals surface area contributed by atoms with Crippen LogP contribution >= 0.6 is 0 Å². The van der Waals surface area contributed by atoms with Crippen LogP contribution in [0.5, 0.6) is 11.5 Å². The highest BCUT2D eigenvalue weighted by Gasteiger charge is 2.07. The molecule has 108 valence electrons. The SMILES string of the molecule is CCC(NC)c1cccc(Oc2ccc(CC#N)cc2)c1. The number of ether oxygens (including phenoxy) is 1. The molecule has 21 heavy (non-hydrogen) atoms. The highest BCUT2D eigenvalue weighted by atomic mass is 16.5. The molecule has 2 aromatic carbocycles. The molecule has 0 amide bonds. The summed E-state index contributed by atoms with van der Waals surface area (Å²) in [6, 6.07) is 18.2. The predicted molar refractivity (Wildman–Crippen MR) is 84.4 cm³/mol. The summed E-state index contributed by atoms with van der Waals surface area (Å²) < 4.78 is 5.88.